The number of nitrogens with two attached hydrogens (primary N) is 1. The lowest BCUT2D eigenvalue weighted by atomic mass is 10.3. The molecule has 6 nitrogen and oxygen atoms in total. The van der Waals surface area contributed by atoms with Crippen LogP contribution in [0.25, 0.3) is 11.0 Å². The molecule has 0 bridgehead atoms. The van der Waals surface area contributed by atoms with Crippen LogP contribution < -0.4 is 5.73 Å². The predicted octanol–water partition coefficient (Wildman–Crippen LogP) is 2.40. The molecule has 0 aromatic carbocycles. The molecular weight excluding hydrogens is 310 g/mol. The fourth-order valence-electron chi connectivity index (χ4n) is 1.37. The molecule has 2 aromatic heterocycles. The zero-order chi connectivity index (χ0) is 13.8. The lowest BCUT2D eigenvalue weighted by molar-refractivity contribution is 0.530. The molecule has 0 aliphatic heterocycles. The van der Waals surface area contributed by atoms with Gasteiger partial charge in [0.15, 0.2) is 11.7 Å². The number of aliphatic imine (C=N–C) groups is 2. The highest BCUT2D eigenvalue weighted by Crippen LogP contribution is 2.18. The minimum atomic E-state index is -0.00194. The van der Waals surface area contributed by atoms with Gasteiger partial charge in [-0.25, -0.2) is 4.98 Å². The summed E-state index contributed by atoms with van der Waals surface area (Å²) < 4.78 is 6.01. The molecule has 2 rings (SSSR count). The Balaban J connectivity index is 2.33. The second kappa shape index (κ2) is 5.75. The van der Waals surface area contributed by atoms with Crippen molar-refractivity contribution < 1.29 is 4.74 Å². The van der Waals surface area contributed by atoms with E-state index in [9.17, 15) is 0 Å². The molecule has 0 saturated heterocycles. The summed E-state index contributed by atoms with van der Waals surface area (Å²) in [6.45, 7) is 1.69. The number of hydrogen-bond acceptors (Lipinski definition) is 5. The van der Waals surface area contributed by atoms with Gasteiger partial charge in [-0.2, -0.15) is 4.99 Å². The highest BCUT2D eigenvalue weighted by atomic mass is 79.9. The highest BCUT2D eigenvalue weighted by Gasteiger charge is 2.02. The van der Waals surface area contributed by atoms with Gasteiger partial charge in [-0.15, -0.1) is 0 Å². The van der Waals surface area contributed by atoms with Gasteiger partial charge in [0.1, 0.15) is 0 Å². The summed E-state index contributed by atoms with van der Waals surface area (Å²) in [7, 11) is 1.61. The average molecular weight is 322 g/mol. The van der Waals surface area contributed by atoms with Crippen molar-refractivity contribution in [3.63, 3.8) is 0 Å². The minimum Gasteiger partial charge on any atom is -0.412 e. The fourth-order valence-corrected chi connectivity index (χ4v) is 1.69. The van der Waals surface area contributed by atoms with Crippen molar-refractivity contribution in [1.82, 2.24) is 9.97 Å². The molecule has 0 unspecified atom stereocenters. The summed E-state index contributed by atoms with van der Waals surface area (Å²) in [5.74, 6) is 0.889. The molecule has 2 heterocycles. The summed E-state index contributed by atoms with van der Waals surface area (Å²) in [5.41, 5.74) is 7.15. The SMILES string of the molecule is CN=C(C)OC(N)=Nc1ccc2ncc(Br)cc2n1. The number of nitrogens with zero attached hydrogens (tertiary/aromatic N) is 4. The van der Waals surface area contributed by atoms with Crippen LogP contribution >= 0.6 is 15.9 Å². The maximum absolute atomic E-state index is 5.64. The van der Waals surface area contributed by atoms with Crippen LogP contribution in [-0.2, 0) is 4.74 Å². The van der Waals surface area contributed by atoms with Crippen molar-refractivity contribution >= 4 is 44.7 Å². The van der Waals surface area contributed by atoms with Gasteiger partial charge in [0.25, 0.3) is 6.02 Å². The summed E-state index contributed by atoms with van der Waals surface area (Å²) >= 11 is 3.35. The maximum atomic E-state index is 5.64. The Bertz CT molecular complexity index is 668. The lowest BCUT2D eigenvalue weighted by Crippen LogP contribution is -2.18. The predicted molar refractivity (Wildman–Crippen MR) is 78.6 cm³/mol. The molecule has 0 spiro atoms. The van der Waals surface area contributed by atoms with Crippen molar-refractivity contribution in [3.05, 3.63) is 28.9 Å². The Morgan fingerprint density at radius 1 is 1.37 bits per heavy atom. The summed E-state index contributed by atoms with van der Waals surface area (Å²) in [5, 5.41) is 0. The summed E-state index contributed by atoms with van der Waals surface area (Å²) in [4.78, 5) is 16.4. The second-order valence-electron chi connectivity index (χ2n) is 3.66. The van der Waals surface area contributed by atoms with E-state index in [1.165, 1.54) is 0 Å². The van der Waals surface area contributed by atoms with Gasteiger partial charge in [-0.05, 0) is 34.1 Å². The molecule has 0 aliphatic carbocycles. The van der Waals surface area contributed by atoms with E-state index >= 15 is 0 Å². The van der Waals surface area contributed by atoms with Gasteiger partial charge in [0, 0.05) is 24.6 Å². The van der Waals surface area contributed by atoms with E-state index in [0.29, 0.717) is 11.7 Å². The van der Waals surface area contributed by atoms with Gasteiger partial charge in [0.2, 0.25) is 0 Å². The van der Waals surface area contributed by atoms with E-state index in [1.54, 1.807) is 26.2 Å². The first-order valence-corrected chi connectivity index (χ1v) is 6.25. The van der Waals surface area contributed by atoms with Crippen LogP contribution in [0.3, 0.4) is 0 Å². The van der Waals surface area contributed by atoms with Gasteiger partial charge >= 0.3 is 0 Å². The molecule has 2 aromatic rings. The third kappa shape index (κ3) is 3.47. The summed E-state index contributed by atoms with van der Waals surface area (Å²) in [6, 6.07) is 5.40. The molecule has 0 saturated carbocycles. The monoisotopic (exact) mass is 321 g/mol. The number of rotatable bonds is 1. The molecule has 0 aliphatic rings. The lowest BCUT2D eigenvalue weighted by Gasteiger charge is -2.03. The van der Waals surface area contributed by atoms with Crippen LogP contribution in [0.4, 0.5) is 5.82 Å². The molecule has 19 heavy (non-hydrogen) atoms. The van der Waals surface area contributed by atoms with E-state index in [1.807, 2.05) is 12.1 Å². The first kappa shape index (κ1) is 13.4. The van der Waals surface area contributed by atoms with E-state index in [0.717, 1.165) is 15.5 Å². The van der Waals surface area contributed by atoms with Crippen molar-refractivity contribution in [2.24, 2.45) is 15.7 Å². The Hall–Kier alpha value is -2.02. The zero-order valence-corrected chi connectivity index (χ0v) is 12.0. The normalized spacial score (nSPS) is 12.8. The number of amidine groups is 1. The molecule has 0 atom stereocenters. The van der Waals surface area contributed by atoms with Crippen LogP contribution in [0.1, 0.15) is 6.92 Å². The number of halogens is 1. The van der Waals surface area contributed by atoms with Crippen LogP contribution in [0.5, 0.6) is 0 Å². The molecular formula is C12H12BrN5O. The Morgan fingerprint density at radius 2 is 2.16 bits per heavy atom. The highest BCUT2D eigenvalue weighted by molar-refractivity contribution is 9.10. The Morgan fingerprint density at radius 3 is 2.89 bits per heavy atom. The Labute approximate surface area is 118 Å². The Kier molecular flexibility index (Phi) is 4.06. The fraction of sp³-hybridized carbons (Fsp3) is 0.167. The topological polar surface area (TPSA) is 85.8 Å². The second-order valence-corrected chi connectivity index (χ2v) is 4.57. The van der Waals surface area contributed by atoms with Crippen LogP contribution in [0.15, 0.2) is 38.9 Å². The smallest absolute Gasteiger partial charge is 0.295 e. The van der Waals surface area contributed by atoms with E-state index in [4.69, 9.17) is 10.5 Å². The third-order valence-electron chi connectivity index (χ3n) is 2.28. The van der Waals surface area contributed by atoms with Crippen molar-refractivity contribution in [1.29, 1.82) is 0 Å². The van der Waals surface area contributed by atoms with Crippen molar-refractivity contribution in [2.75, 3.05) is 7.05 Å². The van der Waals surface area contributed by atoms with E-state index < -0.39 is 0 Å². The number of pyridine rings is 2. The number of ether oxygens (including phenoxy) is 1. The molecule has 7 heteroatoms. The molecule has 0 radical (unpaired) electrons. The molecule has 0 amide bonds. The van der Waals surface area contributed by atoms with Gasteiger partial charge in [-0.1, -0.05) is 0 Å². The van der Waals surface area contributed by atoms with Gasteiger partial charge in [-0.3, -0.25) is 9.98 Å². The maximum Gasteiger partial charge on any atom is 0.295 e. The van der Waals surface area contributed by atoms with Crippen LogP contribution in [0, 0.1) is 0 Å². The number of aromatic nitrogens is 2. The average Bonchev–Trinajstić information content (AvgIpc) is 2.37. The van der Waals surface area contributed by atoms with E-state index in [2.05, 4.69) is 35.9 Å². The van der Waals surface area contributed by atoms with Crippen LogP contribution in [0.2, 0.25) is 0 Å². The quantitative estimate of drug-likeness (QED) is 0.645. The van der Waals surface area contributed by atoms with Crippen LogP contribution in [-0.4, -0.2) is 28.9 Å². The largest absolute Gasteiger partial charge is 0.412 e. The van der Waals surface area contributed by atoms with Gasteiger partial charge < -0.3 is 10.5 Å². The summed E-state index contributed by atoms with van der Waals surface area (Å²) in [6.07, 6.45) is 1.71. The zero-order valence-electron chi connectivity index (χ0n) is 10.5. The first-order chi connectivity index (χ1) is 9.08. The minimum absolute atomic E-state index is 0.00194. The molecule has 0 fully saturated rings. The standard InChI is InChI=1S/C12H12BrN5O/c1-7(15-2)19-12(14)18-11-4-3-9-10(17-11)5-8(13)6-16-9/h3-6H,1-2H3,(H2,14,17,18). The van der Waals surface area contributed by atoms with E-state index in [-0.39, 0.29) is 6.02 Å². The van der Waals surface area contributed by atoms with Crippen molar-refractivity contribution in [2.45, 2.75) is 6.92 Å². The number of hydrogen-bond donors (Lipinski definition) is 1. The van der Waals surface area contributed by atoms with Crippen molar-refractivity contribution in [3.8, 4) is 0 Å². The number of fused-ring (bicyclic) bond motifs is 1. The van der Waals surface area contributed by atoms with Gasteiger partial charge in [0.05, 0.1) is 11.0 Å². The first-order valence-electron chi connectivity index (χ1n) is 5.46. The molecule has 98 valence electrons. The third-order valence-corrected chi connectivity index (χ3v) is 2.71. The molecule has 2 N–H and O–H groups in total.